The number of benzene rings is 1. The molecule has 0 bridgehead atoms. The van der Waals surface area contributed by atoms with Gasteiger partial charge in [-0.2, -0.15) is 0 Å². The average Bonchev–Trinajstić information content (AvgIpc) is 2.89. The average molecular weight is 358 g/mol. The van der Waals surface area contributed by atoms with Crippen molar-refractivity contribution < 1.29 is 9.47 Å². The second kappa shape index (κ2) is 6.94. The van der Waals surface area contributed by atoms with Gasteiger partial charge in [-0.1, -0.05) is 11.3 Å². The maximum absolute atomic E-state index is 11.8. The van der Waals surface area contributed by atoms with Gasteiger partial charge in [-0.05, 0) is 25.1 Å². The number of anilines is 2. The largest absolute Gasteiger partial charge is 0.497 e. The Morgan fingerprint density at radius 2 is 2.00 bits per heavy atom. The molecular weight excluding hydrogens is 340 g/mol. The first-order valence-corrected chi connectivity index (χ1v) is 8.34. The number of aromatic nitrogens is 3. The van der Waals surface area contributed by atoms with Gasteiger partial charge in [0.1, 0.15) is 11.5 Å². The van der Waals surface area contributed by atoms with Crippen LogP contribution in [0.25, 0.3) is 10.6 Å². The molecule has 1 aromatic carbocycles. The van der Waals surface area contributed by atoms with Gasteiger partial charge >= 0.3 is 4.87 Å². The summed E-state index contributed by atoms with van der Waals surface area (Å²) in [6.45, 7) is 1.90. The van der Waals surface area contributed by atoms with Crippen LogP contribution in [0.3, 0.4) is 0 Å². The van der Waals surface area contributed by atoms with Crippen LogP contribution in [-0.2, 0) is 7.05 Å². The fraction of sp³-hybridized carbons (Fsp3) is 0.235. The minimum absolute atomic E-state index is 0.0163. The Morgan fingerprint density at radius 3 is 2.64 bits per heavy atom. The van der Waals surface area contributed by atoms with E-state index < -0.39 is 0 Å². The minimum atomic E-state index is -0.0163. The van der Waals surface area contributed by atoms with Crippen molar-refractivity contribution in [1.29, 1.82) is 0 Å². The van der Waals surface area contributed by atoms with Gasteiger partial charge in [0, 0.05) is 25.0 Å². The van der Waals surface area contributed by atoms with E-state index in [0.717, 1.165) is 16.3 Å². The van der Waals surface area contributed by atoms with Gasteiger partial charge in [0.05, 0.1) is 30.5 Å². The Balaban J connectivity index is 1.95. The lowest BCUT2D eigenvalue weighted by molar-refractivity contribution is 0.395. The summed E-state index contributed by atoms with van der Waals surface area (Å²) in [6, 6.07) is 7.22. The molecule has 0 unspecified atom stereocenters. The highest BCUT2D eigenvalue weighted by Gasteiger charge is 2.13. The molecule has 0 radical (unpaired) electrons. The predicted octanol–water partition coefficient (Wildman–Crippen LogP) is 2.97. The molecular formula is C17H18N4O3S. The van der Waals surface area contributed by atoms with Crippen molar-refractivity contribution in [2.24, 2.45) is 7.05 Å². The van der Waals surface area contributed by atoms with Gasteiger partial charge in [0.25, 0.3) is 0 Å². The minimum Gasteiger partial charge on any atom is -0.497 e. The molecule has 0 aliphatic rings. The zero-order valence-corrected chi connectivity index (χ0v) is 15.2. The van der Waals surface area contributed by atoms with E-state index in [1.807, 2.05) is 19.1 Å². The van der Waals surface area contributed by atoms with Crippen LogP contribution in [-0.4, -0.2) is 28.8 Å². The third kappa shape index (κ3) is 3.34. The number of thiazole rings is 1. The summed E-state index contributed by atoms with van der Waals surface area (Å²) >= 11 is 1.17. The SMILES string of the molecule is COc1ccc(Nc2nccc(-c3sc(=O)n(C)c3C)n2)c(OC)c1. The van der Waals surface area contributed by atoms with Gasteiger partial charge in [0.15, 0.2) is 0 Å². The molecule has 1 N–H and O–H groups in total. The van der Waals surface area contributed by atoms with E-state index >= 15 is 0 Å². The standard InChI is InChI=1S/C17H18N4O3S/c1-10-15(25-17(22)21(10)2)13-7-8-18-16(20-13)19-12-6-5-11(23-3)9-14(12)24-4/h5-9H,1-4H3,(H,18,19,20). The van der Waals surface area contributed by atoms with Crippen LogP contribution in [0.4, 0.5) is 11.6 Å². The van der Waals surface area contributed by atoms with Crippen molar-refractivity contribution in [1.82, 2.24) is 14.5 Å². The van der Waals surface area contributed by atoms with Gasteiger partial charge < -0.3 is 19.4 Å². The Hall–Kier alpha value is -2.87. The molecule has 0 aliphatic heterocycles. The molecule has 0 atom stereocenters. The molecule has 3 aromatic rings. The Morgan fingerprint density at radius 1 is 1.20 bits per heavy atom. The first-order valence-electron chi connectivity index (χ1n) is 7.52. The van der Waals surface area contributed by atoms with E-state index in [1.54, 1.807) is 44.2 Å². The Labute approximate surface area is 148 Å². The molecule has 7 nitrogen and oxygen atoms in total. The van der Waals surface area contributed by atoms with E-state index in [0.29, 0.717) is 23.1 Å². The van der Waals surface area contributed by atoms with Crippen molar-refractivity contribution in [3.05, 3.63) is 45.8 Å². The first-order chi connectivity index (χ1) is 12.0. The monoisotopic (exact) mass is 358 g/mol. The lowest BCUT2D eigenvalue weighted by atomic mass is 10.2. The third-order valence-corrected chi connectivity index (χ3v) is 5.00. The van der Waals surface area contributed by atoms with Gasteiger partial charge in [-0.15, -0.1) is 0 Å². The van der Waals surface area contributed by atoms with Crippen molar-refractivity contribution in [2.45, 2.75) is 6.92 Å². The zero-order chi connectivity index (χ0) is 18.0. The molecule has 0 amide bonds. The lowest BCUT2D eigenvalue weighted by Gasteiger charge is -2.12. The molecule has 3 rings (SSSR count). The van der Waals surface area contributed by atoms with E-state index in [4.69, 9.17) is 9.47 Å². The summed E-state index contributed by atoms with van der Waals surface area (Å²) in [5, 5.41) is 3.14. The maximum Gasteiger partial charge on any atom is 0.307 e. The van der Waals surface area contributed by atoms with Gasteiger partial charge in [0.2, 0.25) is 5.95 Å². The molecule has 130 valence electrons. The van der Waals surface area contributed by atoms with Gasteiger partial charge in [-0.3, -0.25) is 4.79 Å². The normalized spacial score (nSPS) is 10.6. The summed E-state index contributed by atoms with van der Waals surface area (Å²) in [4.78, 5) is 21.4. The molecule has 2 aromatic heterocycles. The number of nitrogens with zero attached hydrogens (tertiary/aromatic N) is 3. The highest BCUT2D eigenvalue weighted by molar-refractivity contribution is 7.13. The van der Waals surface area contributed by atoms with Crippen molar-refractivity contribution in [2.75, 3.05) is 19.5 Å². The Bertz CT molecular complexity index is 965. The fourth-order valence-electron chi connectivity index (χ4n) is 2.32. The summed E-state index contributed by atoms with van der Waals surface area (Å²) in [5.41, 5.74) is 2.30. The van der Waals surface area contributed by atoms with Crippen LogP contribution in [0.15, 0.2) is 35.3 Å². The molecule has 0 saturated carbocycles. The second-order valence-corrected chi connectivity index (χ2v) is 6.26. The number of hydrogen-bond acceptors (Lipinski definition) is 7. The van der Waals surface area contributed by atoms with E-state index in [-0.39, 0.29) is 4.87 Å². The van der Waals surface area contributed by atoms with Crippen LogP contribution >= 0.6 is 11.3 Å². The van der Waals surface area contributed by atoms with E-state index in [2.05, 4.69) is 15.3 Å². The van der Waals surface area contributed by atoms with Crippen LogP contribution < -0.4 is 19.7 Å². The number of rotatable bonds is 5. The summed E-state index contributed by atoms with van der Waals surface area (Å²) < 4.78 is 12.2. The van der Waals surface area contributed by atoms with Crippen LogP contribution in [0.1, 0.15) is 5.69 Å². The highest BCUT2D eigenvalue weighted by atomic mass is 32.1. The van der Waals surface area contributed by atoms with Crippen LogP contribution in [0, 0.1) is 6.92 Å². The van der Waals surface area contributed by atoms with E-state index in [9.17, 15) is 4.79 Å². The quantitative estimate of drug-likeness (QED) is 0.755. The maximum atomic E-state index is 11.8. The zero-order valence-electron chi connectivity index (χ0n) is 14.4. The predicted molar refractivity (Wildman–Crippen MR) is 98.2 cm³/mol. The lowest BCUT2D eigenvalue weighted by Crippen LogP contribution is -2.08. The summed E-state index contributed by atoms with van der Waals surface area (Å²) in [5.74, 6) is 1.74. The fourth-order valence-corrected chi connectivity index (χ4v) is 3.28. The number of ether oxygens (including phenoxy) is 2. The number of nitrogens with one attached hydrogen (secondary N) is 1. The Kier molecular flexibility index (Phi) is 4.71. The number of hydrogen-bond donors (Lipinski definition) is 1. The molecule has 0 fully saturated rings. The second-order valence-electron chi connectivity index (χ2n) is 5.30. The third-order valence-electron chi connectivity index (χ3n) is 3.84. The highest BCUT2D eigenvalue weighted by Crippen LogP contribution is 2.31. The molecule has 0 saturated heterocycles. The van der Waals surface area contributed by atoms with Crippen LogP contribution in [0.5, 0.6) is 11.5 Å². The molecule has 8 heteroatoms. The first kappa shape index (κ1) is 17.0. The number of methoxy groups -OCH3 is 2. The van der Waals surface area contributed by atoms with Crippen molar-refractivity contribution in [3.63, 3.8) is 0 Å². The van der Waals surface area contributed by atoms with Crippen molar-refractivity contribution >= 4 is 23.0 Å². The summed E-state index contributed by atoms with van der Waals surface area (Å²) in [6.07, 6.45) is 1.66. The van der Waals surface area contributed by atoms with Gasteiger partial charge in [-0.25, -0.2) is 9.97 Å². The smallest absolute Gasteiger partial charge is 0.307 e. The molecule has 2 heterocycles. The van der Waals surface area contributed by atoms with Crippen LogP contribution in [0.2, 0.25) is 0 Å². The molecule has 0 spiro atoms. The molecule has 0 aliphatic carbocycles. The molecule has 25 heavy (non-hydrogen) atoms. The summed E-state index contributed by atoms with van der Waals surface area (Å²) in [7, 11) is 4.93. The van der Waals surface area contributed by atoms with E-state index in [1.165, 1.54) is 11.3 Å². The van der Waals surface area contributed by atoms with Crippen molar-refractivity contribution in [3.8, 4) is 22.1 Å². The topological polar surface area (TPSA) is 78.3 Å².